The molecule has 1 aromatic carbocycles. The molecule has 1 aromatic rings. The molecule has 2 heteroatoms. The van der Waals surface area contributed by atoms with Crippen molar-refractivity contribution in [2.75, 3.05) is 13.2 Å². The van der Waals surface area contributed by atoms with Crippen LogP contribution < -0.4 is 4.74 Å². The van der Waals surface area contributed by atoms with E-state index in [2.05, 4.69) is 19.1 Å². The minimum Gasteiger partial charge on any atom is -0.491 e. The summed E-state index contributed by atoms with van der Waals surface area (Å²) in [4.78, 5) is 0. The molecule has 1 atom stereocenters. The van der Waals surface area contributed by atoms with Crippen molar-refractivity contribution in [3.63, 3.8) is 0 Å². The van der Waals surface area contributed by atoms with Crippen molar-refractivity contribution >= 4 is 0 Å². The van der Waals surface area contributed by atoms with Crippen molar-refractivity contribution in [1.29, 1.82) is 0 Å². The van der Waals surface area contributed by atoms with E-state index in [1.54, 1.807) is 0 Å². The average molecular weight is 234 g/mol. The molecule has 0 saturated carbocycles. The zero-order valence-corrected chi connectivity index (χ0v) is 11.1. The Labute approximate surface area is 104 Å². The Morgan fingerprint density at radius 2 is 2.06 bits per heavy atom. The summed E-state index contributed by atoms with van der Waals surface area (Å²) in [6.45, 7) is 7.75. The number of ether oxygens (including phenoxy) is 2. The first-order chi connectivity index (χ1) is 8.34. The standard InChI is InChI=1S/C13H16O2.C2H6/c1-9-12-4-2-3-10(12)5-6-13(9)15-8-11-7-14-11;1-2/h5-6,11H,2-4,7-8H2,1H3;1-2H3. The van der Waals surface area contributed by atoms with Crippen molar-refractivity contribution < 1.29 is 9.47 Å². The highest BCUT2D eigenvalue weighted by Crippen LogP contribution is 2.31. The summed E-state index contributed by atoms with van der Waals surface area (Å²) < 4.78 is 10.9. The Balaban J connectivity index is 0.000000514. The molecule has 0 N–H and O–H groups in total. The fourth-order valence-corrected chi connectivity index (χ4v) is 2.33. The molecule has 17 heavy (non-hydrogen) atoms. The molecule has 1 aliphatic heterocycles. The number of benzene rings is 1. The third-order valence-corrected chi connectivity index (χ3v) is 3.35. The topological polar surface area (TPSA) is 21.8 Å². The summed E-state index contributed by atoms with van der Waals surface area (Å²) in [5.41, 5.74) is 4.37. The van der Waals surface area contributed by atoms with Gasteiger partial charge in [0.2, 0.25) is 0 Å². The van der Waals surface area contributed by atoms with Gasteiger partial charge in [-0.05, 0) is 48.9 Å². The summed E-state index contributed by atoms with van der Waals surface area (Å²) in [6.07, 6.45) is 4.10. The summed E-state index contributed by atoms with van der Waals surface area (Å²) in [6, 6.07) is 4.33. The first-order valence-corrected chi connectivity index (χ1v) is 6.70. The van der Waals surface area contributed by atoms with Gasteiger partial charge in [-0.1, -0.05) is 19.9 Å². The predicted molar refractivity (Wildman–Crippen MR) is 69.8 cm³/mol. The molecule has 0 spiro atoms. The first kappa shape index (κ1) is 12.4. The van der Waals surface area contributed by atoms with E-state index >= 15 is 0 Å². The van der Waals surface area contributed by atoms with E-state index in [0.717, 1.165) is 12.4 Å². The Bertz CT molecular complexity index is 381. The Hall–Kier alpha value is -1.02. The van der Waals surface area contributed by atoms with E-state index < -0.39 is 0 Å². The van der Waals surface area contributed by atoms with Gasteiger partial charge >= 0.3 is 0 Å². The molecular weight excluding hydrogens is 212 g/mol. The lowest BCUT2D eigenvalue weighted by molar-refractivity contribution is 0.261. The second-order valence-electron chi connectivity index (χ2n) is 4.45. The minimum atomic E-state index is 0.345. The third kappa shape index (κ3) is 2.81. The largest absolute Gasteiger partial charge is 0.491 e. The van der Waals surface area contributed by atoms with E-state index in [1.807, 2.05) is 13.8 Å². The molecule has 3 rings (SSSR count). The van der Waals surface area contributed by atoms with Crippen molar-refractivity contribution in [1.82, 2.24) is 0 Å². The van der Waals surface area contributed by atoms with Crippen molar-refractivity contribution in [3.8, 4) is 5.75 Å². The summed E-state index contributed by atoms with van der Waals surface area (Å²) in [5.74, 6) is 1.05. The molecule has 94 valence electrons. The van der Waals surface area contributed by atoms with Gasteiger partial charge < -0.3 is 9.47 Å². The van der Waals surface area contributed by atoms with E-state index in [-0.39, 0.29) is 0 Å². The van der Waals surface area contributed by atoms with Crippen LogP contribution in [0.5, 0.6) is 5.75 Å². The van der Waals surface area contributed by atoms with Gasteiger partial charge in [-0.15, -0.1) is 0 Å². The van der Waals surface area contributed by atoms with E-state index in [9.17, 15) is 0 Å². The molecule has 1 unspecified atom stereocenters. The number of hydrogen-bond donors (Lipinski definition) is 0. The molecule has 1 aliphatic carbocycles. The van der Waals surface area contributed by atoms with Crippen LogP contribution in [0.25, 0.3) is 0 Å². The lowest BCUT2D eigenvalue weighted by Gasteiger charge is -2.11. The van der Waals surface area contributed by atoms with Crippen LogP contribution in [-0.4, -0.2) is 19.3 Å². The normalized spacial score (nSPS) is 20.3. The maximum Gasteiger partial charge on any atom is 0.122 e. The zero-order chi connectivity index (χ0) is 12.3. The van der Waals surface area contributed by atoms with Crippen molar-refractivity contribution in [3.05, 3.63) is 28.8 Å². The number of epoxide rings is 1. The SMILES string of the molecule is CC.Cc1c(OCC2CO2)ccc2c1CCC2. The van der Waals surface area contributed by atoms with Crippen LogP contribution in [-0.2, 0) is 17.6 Å². The van der Waals surface area contributed by atoms with Gasteiger partial charge in [-0.2, -0.15) is 0 Å². The number of hydrogen-bond acceptors (Lipinski definition) is 2. The molecule has 0 bridgehead atoms. The van der Waals surface area contributed by atoms with Crippen LogP contribution in [0.15, 0.2) is 12.1 Å². The Morgan fingerprint density at radius 1 is 1.29 bits per heavy atom. The fourth-order valence-electron chi connectivity index (χ4n) is 2.33. The van der Waals surface area contributed by atoms with Crippen LogP contribution in [0.1, 0.15) is 37.0 Å². The van der Waals surface area contributed by atoms with Crippen molar-refractivity contribution in [2.45, 2.75) is 46.1 Å². The molecule has 0 amide bonds. The quantitative estimate of drug-likeness (QED) is 0.749. The molecular formula is C15H22O2. The number of fused-ring (bicyclic) bond motifs is 1. The second-order valence-corrected chi connectivity index (χ2v) is 4.45. The number of aryl methyl sites for hydroxylation is 1. The van der Waals surface area contributed by atoms with Gasteiger partial charge in [0.25, 0.3) is 0 Å². The summed E-state index contributed by atoms with van der Waals surface area (Å²) in [7, 11) is 0. The Kier molecular flexibility index (Phi) is 4.06. The van der Waals surface area contributed by atoms with Gasteiger partial charge in [0.15, 0.2) is 0 Å². The van der Waals surface area contributed by atoms with E-state index in [1.165, 1.54) is 36.0 Å². The maximum absolute atomic E-state index is 5.76. The molecule has 2 aliphatic rings. The third-order valence-electron chi connectivity index (χ3n) is 3.35. The van der Waals surface area contributed by atoms with Crippen LogP contribution in [0.4, 0.5) is 0 Å². The highest BCUT2D eigenvalue weighted by atomic mass is 16.6. The zero-order valence-electron chi connectivity index (χ0n) is 11.1. The highest BCUT2D eigenvalue weighted by Gasteiger charge is 2.24. The van der Waals surface area contributed by atoms with Crippen LogP contribution in [0, 0.1) is 6.92 Å². The van der Waals surface area contributed by atoms with Gasteiger partial charge in [0.1, 0.15) is 18.5 Å². The molecule has 0 radical (unpaired) electrons. The molecule has 1 saturated heterocycles. The first-order valence-electron chi connectivity index (χ1n) is 6.70. The second kappa shape index (κ2) is 5.54. The minimum absolute atomic E-state index is 0.345. The maximum atomic E-state index is 5.76. The Morgan fingerprint density at radius 3 is 2.76 bits per heavy atom. The summed E-state index contributed by atoms with van der Waals surface area (Å²) in [5, 5.41) is 0. The van der Waals surface area contributed by atoms with Gasteiger partial charge in [-0.25, -0.2) is 0 Å². The van der Waals surface area contributed by atoms with Crippen molar-refractivity contribution in [2.24, 2.45) is 0 Å². The van der Waals surface area contributed by atoms with Crippen LogP contribution in [0.3, 0.4) is 0 Å². The summed E-state index contributed by atoms with van der Waals surface area (Å²) >= 11 is 0. The van der Waals surface area contributed by atoms with Gasteiger partial charge in [0, 0.05) is 0 Å². The molecule has 1 heterocycles. The predicted octanol–water partition coefficient (Wildman–Crippen LogP) is 3.29. The lowest BCUT2D eigenvalue weighted by Crippen LogP contribution is -2.06. The van der Waals surface area contributed by atoms with Crippen LogP contribution in [0.2, 0.25) is 0 Å². The van der Waals surface area contributed by atoms with E-state index in [0.29, 0.717) is 12.7 Å². The molecule has 1 fully saturated rings. The van der Waals surface area contributed by atoms with Gasteiger partial charge in [-0.3, -0.25) is 0 Å². The number of rotatable bonds is 3. The fraction of sp³-hybridized carbons (Fsp3) is 0.600. The van der Waals surface area contributed by atoms with Crippen LogP contribution >= 0.6 is 0 Å². The highest BCUT2D eigenvalue weighted by molar-refractivity contribution is 5.46. The molecule has 0 aromatic heterocycles. The van der Waals surface area contributed by atoms with Gasteiger partial charge in [0.05, 0.1) is 6.61 Å². The lowest BCUT2D eigenvalue weighted by atomic mass is 10.0. The van der Waals surface area contributed by atoms with E-state index in [4.69, 9.17) is 9.47 Å². The smallest absolute Gasteiger partial charge is 0.122 e. The molecule has 2 nitrogen and oxygen atoms in total. The monoisotopic (exact) mass is 234 g/mol. The average Bonchev–Trinajstić information content (AvgIpc) is 3.07.